The molecule has 7 heteroatoms. The standard InChI is InChI=1S/C29H49N3O4/c1-10-12-14-17-30-26(33)25(23-16-15-21(5)19-22(23)6)32(18-13-11-2)27(34)24(20(3)4)31-28(35)36-29(7,8)9/h15-16,19-20,24-25H,10-14,17-18H2,1-9H3,(H,30,33)(H,31,35). The topological polar surface area (TPSA) is 87.7 Å². The maximum absolute atomic E-state index is 14.0. The zero-order valence-corrected chi connectivity index (χ0v) is 24.0. The summed E-state index contributed by atoms with van der Waals surface area (Å²) in [6.07, 6.45) is 3.95. The van der Waals surface area contributed by atoms with Crippen molar-refractivity contribution in [3.05, 3.63) is 34.9 Å². The minimum atomic E-state index is -0.821. The van der Waals surface area contributed by atoms with Crippen LogP contribution in [0.15, 0.2) is 18.2 Å². The van der Waals surface area contributed by atoms with E-state index < -0.39 is 23.8 Å². The molecule has 7 nitrogen and oxygen atoms in total. The number of rotatable bonds is 13. The number of nitrogens with zero attached hydrogens (tertiary/aromatic N) is 1. The van der Waals surface area contributed by atoms with E-state index in [9.17, 15) is 14.4 Å². The summed E-state index contributed by atoms with van der Waals surface area (Å²) < 4.78 is 5.43. The number of nitrogens with one attached hydrogen (secondary N) is 2. The second-order valence-corrected chi connectivity index (χ2v) is 11.0. The highest BCUT2D eigenvalue weighted by atomic mass is 16.6. The molecule has 0 saturated carbocycles. The van der Waals surface area contributed by atoms with Gasteiger partial charge in [-0.05, 0) is 64.5 Å². The number of ether oxygens (including phenoxy) is 1. The van der Waals surface area contributed by atoms with E-state index in [1.54, 1.807) is 25.7 Å². The van der Waals surface area contributed by atoms with Gasteiger partial charge in [-0.25, -0.2) is 4.79 Å². The zero-order chi connectivity index (χ0) is 27.5. The molecular weight excluding hydrogens is 454 g/mol. The molecule has 0 radical (unpaired) electrons. The minimum absolute atomic E-state index is 0.192. The smallest absolute Gasteiger partial charge is 0.408 e. The third-order valence-corrected chi connectivity index (χ3v) is 6.00. The summed E-state index contributed by atoms with van der Waals surface area (Å²) in [5, 5.41) is 5.84. The molecule has 1 aromatic carbocycles. The van der Waals surface area contributed by atoms with Crippen LogP contribution in [0.1, 0.15) is 103 Å². The Balaban J connectivity index is 3.44. The van der Waals surface area contributed by atoms with Crippen LogP contribution in [0, 0.1) is 19.8 Å². The van der Waals surface area contributed by atoms with Crippen molar-refractivity contribution in [2.75, 3.05) is 13.1 Å². The molecule has 3 amide bonds. The van der Waals surface area contributed by atoms with Crippen LogP contribution in [-0.2, 0) is 14.3 Å². The normalized spacial score (nSPS) is 13.2. The quantitative estimate of drug-likeness (QED) is 0.332. The molecule has 36 heavy (non-hydrogen) atoms. The van der Waals surface area contributed by atoms with Crippen LogP contribution < -0.4 is 10.6 Å². The van der Waals surface area contributed by atoms with E-state index in [1.807, 2.05) is 45.9 Å². The van der Waals surface area contributed by atoms with Gasteiger partial charge in [-0.1, -0.05) is 70.7 Å². The van der Waals surface area contributed by atoms with Gasteiger partial charge in [0.1, 0.15) is 17.7 Å². The van der Waals surface area contributed by atoms with Gasteiger partial charge in [0.2, 0.25) is 11.8 Å². The Morgan fingerprint density at radius 2 is 1.64 bits per heavy atom. The van der Waals surface area contributed by atoms with Gasteiger partial charge in [0, 0.05) is 13.1 Å². The number of aryl methyl sites for hydroxylation is 2. The predicted molar refractivity (Wildman–Crippen MR) is 146 cm³/mol. The number of alkyl carbamates (subject to hydrolysis) is 1. The van der Waals surface area contributed by atoms with Crippen molar-refractivity contribution < 1.29 is 19.1 Å². The Labute approximate surface area is 218 Å². The molecule has 2 atom stereocenters. The Morgan fingerprint density at radius 3 is 2.17 bits per heavy atom. The predicted octanol–water partition coefficient (Wildman–Crippen LogP) is 5.83. The molecular formula is C29H49N3O4. The second-order valence-electron chi connectivity index (χ2n) is 11.0. The van der Waals surface area contributed by atoms with Crippen LogP contribution >= 0.6 is 0 Å². The van der Waals surface area contributed by atoms with Crippen molar-refractivity contribution in [1.29, 1.82) is 0 Å². The van der Waals surface area contributed by atoms with Gasteiger partial charge < -0.3 is 20.3 Å². The van der Waals surface area contributed by atoms with Gasteiger partial charge >= 0.3 is 6.09 Å². The molecule has 1 aromatic rings. The fourth-order valence-electron chi connectivity index (χ4n) is 4.09. The van der Waals surface area contributed by atoms with E-state index in [-0.39, 0.29) is 17.7 Å². The third-order valence-electron chi connectivity index (χ3n) is 6.00. The highest BCUT2D eigenvalue weighted by Crippen LogP contribution is 2.28. The number of benzene rings is 1. The van der Waals surface area contributed by atoms with Gasteiger partial charge in [-0.2, -0.15) is 0 Å². The van der Waals surface area contributed by atoms with Crippen LogP contribution in [0.25, 0.3) is 0 Å². The van der Waals surface area contributed by atoms with Crippen LogP contribution in [0.4, 0.5) is 4.79 Å². The molecule has 0 fully saturated rings. The molecule has 0 saturated heterocycles. The molecule has 2 unspecified atom stereocenters. The lowest BCUT2D eigenvalue weighted by molar-refractivity contribution is -0.143. The number of hydrogen-bond donors (Lipinski definition) is 2. The molecule has 0 aliphatic carbocycles. The van der Waals surface area contributed by atoms with E-state index in [0.29, 0.717) is 13.1 Å². The van der Waals surface area contributed by atoms with Crippen molar-refractivity contribution in [2.24, 2.45) is 5.92 Å². The SMILES string of the molecule is CCCCCNC(=O)C(c1ccc(C)cc1C)N(CCCC)C(=O)C(NC(=O)OC(C)(C)C)C(C)C. The number of unbranched alkanes of at least 4 members (excludes halogenated alkanes) is 3. The van der Waals surface area contributed by atoms with Gasteiger partial charge in [-0.15, -0.1) is 0 Å². The second kappa shape index (κ2) is 14.9. The van der Waals surface area contributed by atoms with E-state index >= 15 is 0 Å². The Kier molecular flexibility index (Phi) is 13.0. The Hall–Kier alpha value is -2.57. The molecule has 0 aliphatic rings. The summed E-state index contributed by atoms with van der Waals surface area (Å²) >= 11 is 0. The summed E-state index contributed by atoms with van der Waals surface area (Å²) in [6.45, 7) is 18.2. The molecule has 0 heterocycles. The maximum atomic E-state index is 14.0. The van der Waals surface area contributed by atoms with Crippen molar-refractivity contribution in [1.82, 2.24) is 15.5 Å². The molecule has 0 aromatic heterocycles. The molecule has 2 N–H and O–H groups in total. The monoisotopic (exact) mass is 503 g/mol. The van der Waals surface area contributed by atoms with Crippen LogP contribution in [0.3, 0.4) is 0 Å². The number of carbonyl (C=O) groups excluding carboxylic acids is 3. The first-order chi connectivity index (χ1) is 16.8. The maximum Gasteiger partial charge on any atom is 0.408 e. The van der Waals surface area contributed by atoms with E-state index in [4.69, 9.17) is 4.74 Å². The lowest BCUT2D eigenvalue weighted by Gasteiger charge is -2.36. The molecule has 0 spiro atoms. The summed E-state index contributed by atoms with van der Waals surface area (Å²) in [4.78, 5) is 41.9. The van der Waals surface area contributed by atoms with Gasteiger partial charge in [0.25, 0.3) is 0 Å². The zero-order valence-electron chi connectivity index (χ0n) is 24.0. The minimum Gasteiger partial charge on any atom is -0.444 e. The summed E-state index contributed by atoms with van der Waals surface area (Å²) in [5.41, 5.74) is 2.17. The number of carbonyl (C=O) groups is 3. The fourth-order valence-corrected chi connectivity index (χ4v) is 4.09. The molecule has 1 rings (SSSR count). The van der Waals surface area contributed by atoms with E-state index in [0.717, 1.165) is 48.8 Å². The van der Waals surface area contributed by atoms with Gasteiger partial charge in [-0.3, -0.25) is 9.59 Å². The fraction of sp³-hybridized carbons (Fsp3) is 0.690. The van der Waals surface area contributed by atoms with Crippen LogP contribution in [0.5, 0.6) is 0 Å². The summed E-state index contributed by atoms with van der Waals surface area (Å²) in [7, 11) is 0. The van der Waals surface area contributed by atoms with E-state index in [1.165, 1.54) is 0 Å². The van der Waals surface area contributed by atoms with Crippen LogP contribution in [0.2, 0.25) is 0 Å². The first-order valence-corrected chi connectivity index (χ1v) is 13.5. The number of hydrogen-bond acceptors (Lipinski definition) is 4. The van der Waals surface area contributed by atoms with Crippen LogP contribution in [-0.4, -0.2) is 47.5 Å². The lowest BCUT2D eigenvalue weighted by Crippen LogP contribution is -2.55. The highest BCUT2D eigenvalue weighted by Gasteiger charge is 2.37. The molecule has 0 aliphatic heterocycles. The van der Waals surface area contributed by atoms with Gasteiger partial charge in [0.15, 0.2) is 0 Å². The lowest BCUT2D eigenvalue weighted by atomic mass is 9.95. The Bertz CT molecular complexity index is 861. The van der Waals surface area contributed by atoms with Crippen molar-refractivity contribution >= 4 is 17.9 Å². The van der Waals surface area contributed by atoms with Crippen molar-refractivity contribution in [2.45, 2.75) is 112 Å². The van der Waals surface area contributed by atoms with Crippen molar-refractivity contribution in [3.8, 4) is 0 Å². The van der Waals surface area contributed by atoms with Crippen molar-refractivity contribution in [3.63, 3.8) is 0 Å². The molecule has 204 valence electrons. The average molecular weight is 504 g/mol. The largest absolute Gasteiger partial charge is 0.444 e. The van der Waals surface area contributed by atoms with Gasteiger partial charge in [0.05, 0.1) is 0 Å². The molecule has 0 bridgehead atoms. The highest BCUT2D eigenvalue weighted by molar-refractivity contribution is 5.92. The third kappa shape index (κ3) is 10.2. The Morgan fingerprint density at radius 1 is 1.00 bits per heavy atom. The number of amides is 3. The summed E-state index contributed by atoms with van der Waals surface area (Å²) in [6, 6.07) is 4.35. The summed E-state index contributed by atoms with van der Waals surface area (Å²) in [5.74, 6) is -0.665. The first-order valence-electron chi connectivity index (χ1n) is 13.5. The first kappa shape index (κ1) is 31.5. The van der Waals surface area contributed by atoms with E-state index in [2.05, 4.69) is 24.5 Å². The average Bonchev–Trinajstić information content (AvgIpc) is 2.77.